The van der Waals surface area contributed by atoms with Crippen molar-refractivity contribution in [3.05, 3.63) is 11.4 Å². The van der Waals surface area contributed by atoms with Crippen LogP contribution in [0, 0.1) is 5.92 Å². The summed E-state index contributed by atoms with van der Waals surface area (Å²) < 4.78 is 29.4. The van der Waals surface area contributed by atoms with Crippen molar-refractivity contribution in [3.8, 4) is 0 Å². The summed E-state index contributed by atoms with van der Waals surface area (Å²) >= 11 is 0. The molecule has 3 nitrogen and oxygen atoms in total. The largest absolute Gasteiger partial charge is 0.295 e. The number of hydrogen-bond donors (Lipinski definition) is 1. The molecule has 0 radical (unpaired) electrons. The summed E-state index contributed by atoms with van der Waals surface area (Å²) in [5.41, 5.74) is 0.380. The molecule has 1 N–H and O–H groups in total. The second-order valence-electron chi connectivity index (χ2n) is 5.90. The van der Waals surface area contributed by atoms with Crippen molar-refractivity contribution in [2.45, 2.75) is 57.6 Å². The molecule has 1 heterocycles. The Bertz CT molecular complexity index is 417. The average molecular weight is 255 g/mol. The minimum atomic E-state index is -2.89. The van der Waals surface area contributed by atoms with E-state index >= 15 is 0 Å². The Morgan fingerprint density at radius 2 is 2.11 bits per heavy atom. The second kappa shape index (κ2) is 4.63. The lowest BCUT2D eigenvalue weighted by Gasteiger charge is -2.39. The standard InChI is InChI=1S/C12H20BF2N3/c1-11(2,13-3)9-7-5-4-6-8-10(12(9,14)15)17-18-16-8/h9,13H,4-7H2,1-3H3,(H,16,17,18). The Kier molecular flexibility index (Phi) is 3.47. The number of aryl methyl sites for hydroxylation is 1. The SMILES string of the molecule is CBC(C)(C)C1CCCCc2[nH]nnc2C1(F)F. The molecule has 1 atom stereocenters. The first-order valence-corrected chi connectivity index (χ1v) is 6.67. The summed E-state index contributed by atoms with van der Waals surface area (Å²) in [7, 11) is 0.737. The van der Waals surface area contributed by atoms with Gasteiger partial charge < -0.3 is 0 Å². The van der Waals surface area contributed by atoms with Gasteiger partial charge in [-0.2, -0.15) is 8.78 Å². The van der Waals surface area contributed by atoms with Crippen LogP contribution in [0.25, 0.3) is 0 Å². The summed E-state index contributed by atoms with van der Waals surface area (Å²) in [6, 6.07) is 0. The van der Waals surface area contributed by atoms with Gasteiger partial charge in [-0.15, -0.1) is 5.10 Å². The van der Waals surface area contributed by atoms with E-state index in [2.05, 4.69) is 15.4 Å². The number of rotatable bonds is 2. The third-order valence-corrected chi connectivity index (χ3v) is 4.40. The maximum absolute atomic E-state index is 14.7. The van der Waals surface area contributed by atoms with Crippen LogP contribution >= 0.6 is 0 Å². The molecule has 100 valence electrons. The lowest BCUT2D eigenvalue weighted by Crippen LogP contribution is -2.37. The highest BCUT2D eigenvalue weighted by atomic mass is 19.3. The van der Waals surface area contributed by atoms with Gasteiger partial charge in [0.25, 0.3) is 5.92 Å². The van der Waals surface area contributed by atoms with E-state index in [1.165, 1.54) is 0 Å². The Balaban J connectivity index is 2.44. The van der Waals surface area contributed by atoms with Gasteiger partial charge in [0.1, 0.15) is 7.28 Å². The van der Waals surface area contributed by atoms with E-state index in [0.29, 0.717) is 18.5 Å². The summed E-state index contributed by atoms with van der Waals surface area (Å²) in [6.07, 6.45) is 2.93. The molecule has 0 spiro atoms. The lowest BCUT2D eigenvalue weighted by atomic mass is 9.48. The van der Waals surface area contributed by atoms with Crippen LogP contribution in [-0.2, 0) is 12.3 Å². The quantitative estimate of drug-likeness (QED) is 0.825. The molecule has 18 heavy (non-hydrogen) atoms. The molecule has 1 unspecified atom stereocenters. The minimum absolute atomic E-state index is 0.131. The van der Waals surface area contributed by atoms with E-state index in [9.17, 15) is 8.78 Å². The maximum Gasteiger partial charge on any atom is 0.295 e. The van der Waals surface area contributed by atoms with E-state index in [1.807, 2.05) is 20.7 Å². The topological polar surface area (TPSA) is 41.6 Å². The molecule has 0 saturated heterocycles. The number of aromatic amines is 1. The molecule has 1 aromatic heterocycles. The molecular weight excluding hydrogens is 235 g/mol. The predicted molar refractivity (Wildman–Crippen MR) is 68.4 cm³/mol. The van der Waals surface area contributed by atoms with Crippen molar-refractivity contribution in [1.29, 1.82) is 0 Å². The number of hydrogen-bond acceptors (Lipinski definition) is 2. The van der Waals surface area contributed by atoms with Crippen LogP contribution in [0.15, 0.2) is 0 Å². The number of nitrogens with one attached hydrogen (secondary N) is 1. The molecule has 1 aliphatic carbocycles. The molecule has 0 bridgehead atoms. The number of alkyl halides is 2. The summed E-state index contributed by atoms with van der Waals surface area (Å²) in [4.78, 5) is 0. The summed E-state index contributed by atoms with van der Waals surface area (Å²) in [6.45, 7) is 5.82. The number of halogens is 2. The van der Waals surface area contributed by atoms with Gasteiger partial charge in [-0.05, 0) is 19.3 Å². The summed E-state index contributed by atoms with van der Waals surface area (Å²) in [5.74, 6) is -3.55. The normalized spacial score (nSPS) is 23.9. The van der Waals surface area contributed by atoms with Crippen molar-refractivity contribution >= 4 is 7.28 Å². The molecule has 2 rings (SSSR count). The Labute approximate surface area is 107 Å². The molecule has 1 aliphatic rings. The highest BCUT2D eigenvalue weighted by Gasteiger charge is 2.51. The fourth-order valence-electron chi connectivity index (χ4n) is 2.82. The molecule has 0 aromatic carbocycles. The van der Waals surface area contributed by atoms with E-state index in [1.54, 1.807) is 0 Å². The van der Waals surface area contributed by atoms with Gasteiger partial charge in [-0.1, -0.05) is 37.6 Å². The van der Waals surface area contributed by atoms with E-state index < -0.39 is 17.2 Å². The maximum atomic E-state index is 14.7. The van der Waals surface area contributed by atoms with E-state index in [-0.39, 0.29) is 5.69 Å². The van der Waals surface area contributed by atoms with Gasteiger partial charge in [0.05, 0.1) is 5.69 Å². The monoisotopic (exact) mass is 255 g/mol. The van der Waals surface area contributed by atoms with Crippen LogP contribution in [0.4, 0.5) is 8.78 Å². The second-order valence-corrected chi connectivity index (χ2v) is 5.90. The minimum Gasteiger partial charge on any atom is -0.262 e. The van der Waals surface area contributed by atoms with Gasteiger partial charge in [0, 0.05) is 5.92 Å². The first kappa shape index (κ1) is 13.5. The zero-order valence-electron chi connectivity index (χ0n) is 11.3. The lowest BCUT2D eigenvalue weighted by molar-refractivity contribution is -0.0886. The Hall–Kier alpha value is -0.935. The number of H-pyrrole nitrogens is 1. The zero-order chi connectivity index (χ0) is 13.4. The van der Waals surface area contributed by atoms with Gasteiger partial charge >= 0.3 is 0 Å². The van der Waals surface area contributed by atoms with Crippen LogP contribution in [0.3, 0.4) is 0 Å². The Morgan fingerprint density at radius 1 is 1.39 bits per heavy atom. The molecule has 6 heteroatoms. The predicted octanol–water partition coefficient (Wildman–Crippen LogP) is 2.92. The molecule has 0 aliphatic heterocycles. The number of fused-ring (bicyclic) bond motifs is 1. The van der Waals surface area contributed by atoms with Crippen molar-refractivity contribution < 1.29 is 8.78 Å². The van der Waals surface area contributed by atoms with Crippen molar-refractivity contribution in [2.75, 3.05) is 0 Å². The first-order valence-electron chi connectivity index (χ1n) is 6.67. The van der Waals surface area contributed by atoms with Crippen molar-refractivity contribution in [1.82, 2.24) is 15.4 Å². The molecule has 1 aromatic rings. The smallest absolute Gasteiger partial charge is 0.262 e. The molecule has 0 amide bonds. The average Bonchev–Trinajstić information content (AvgIpc) is 2.75. The van der Waals surface area contributed by atoms with Gasteiger partial charge in [-0.25, -0.2) is 0 Å². The van der Waals surface area contributed by atoms with Gasteiger partial charge in [0.15, 0.2) is 5.69 Å². The van der Waals surface area contributed by atoms with E-state index in [0.717, 1.165) is 20.1 Å². The van der Waals surface area contributed by atoms with Crippen LogP contribution in [0.2, 0.25) is 12.1 Å². The fraction of sp³-hybridized carbons (Fsp3) is 0.833. The van der Waals surface area contributed by atoms with Crippen LogP contribution in [-0.4, -0.2) is 22.7 Å². The highest BCUT2D eigenvalue weighted by Crippen LogP contribution is 2.52. The van der Waals surface area contributed by atoms with E-state index in [4.69, 9.17) is 0 Å². The fourth-order valence-corrected chi connectivity index (χ4v) is 2.82. The first-order chi connectivity index (χ1) is 8.39. The molecule has 0 saturated carbocycles. The zero-order valence-corrected chi connectivity index (χ0v) is 11.3. The van der Waals surface area contributed by atoms with Crippen LogP contribution in [0.1, 0.15) is 44.5 Å². The summed E-state index contributed by atoms with van der Waals surface area (Å²) in [5, 5.41) is 9.46. The van der Waals surface area contributed by atoms with Gasteiger partial charge in [0.2, 0.25) is 0 Å². The van der Waals surface area contributed by atoms with Crippen molar-refractivity contribution in [3.63, 3.8) is 0 Å². The molecule has 0 fully saturated rings. The van der Waals surface area contributed by atoms with Gasteiger partial charge in [-0.3, -0.25) is 5.10 Å². The number of nitrogens with zero attached hydrogens (tertiary/aromatic N) is 2. The Morgan fingerprint density at radius 3 is 2.78 bits per heavy atom. The van der Waals surface area contributed by atoms with Crippen LogP contribution < -0.4 is 0 Å². The third kappa shape index (κ3) is 2.17. The highest BCUT2D eigenvalue weighted by molar-refractivity contribution is 6.38. The third-order valence-electron chi connectivity index (χ3n) is 4.40. The van der Waals surface area contributed by atoms with Crippen molar-refractivity contribution in [2.24, 2.45) is 5.92 Å². The number of aromatic nitrogens is 3. The molecular formula is C12H20BF2N3. The van der Waals surface area contributed by atoms with Crippen LogP contribution in [0.5, 0.6) is 0 Å².